The van der Waals surface area contributed by atoms with Gasteiger partial charge in [-0.15, -0.1) is 0 Å². The van der Waals surface area contributed by atoms with Gasteiger partial charge in [0.25, 0.3) is 5.91 Å². The standard InChI is InChI=1S/C21H25ClN2O4/c1-15-5-8-17(9-6-15)28-13-3-4-20(25)23-11-12-24-21(26)18-14-16(22)7-10-19(18)27-2/h5-10,14H,3-4,11-13H2,1-2H3,(H,23,25)(H,24,26). The number of carbonyl (C=O) groups excluding carboxylic acids is 2. The highest BCUT2D eigenvalue weighted by Gasteiger charge is 2.12. The molecule has 6 nitrogen and oxygen atoms in total. The van der Waals surface area contributed by atoms with Crippen molar-refractivity contribution in [1.29, 1.82) is 0 Å². The maximum atomic E-state index is 12.2. The van der Waals surface area contributed by atoms with Crippen LogP contribution in [0.4, 0.5) is 0 Å². The minimum absolute atomic E-state index is 0.0814. The minimum atomic E-state index is -0.305. The van der Waals surface area contributed by atoms with Crippen molar-refractivity contribution >= 4 is 23.4 Å². The van der Waals surface area contributed by atoms with E-state index in [4.69, 9.17) is 21.1 Å². The van der Waals surface area contributed by atoms with Crippen LogP contribution in [0.25, 0.3) is 0 Å². The maximum absolute atomic E-state index is 12.2. The summed E-state index contributed by atoms with van der Waals surface area (Å²) in [7, 11) is 1.49. The Balaban J connectivity index is 1.61. The van der Waals surface area contributed by atoms with Crippen molar-refractivity contribution in [3.63, 3.8) is 0 Å². The van der Waals surface area contributed by atoms with Crippen molar-refractivity contribution < 1.29 is 19.1 Å². The first-order valence-electron chi connectivity index (χ1n) is 9.07. The summed E-state index contributed by atoms with van der Waals surface area (Å²) in [4.78, 5) is 24.1. The number of rotatable bonds is 10. The van der Waals surface area contributed by atoms with Crippen molar-refractivity contribution in [3.05, 3.63) is 58.6 Å². The second kappa shape index (κ2) is 11.2. The molecular formula is C21H25ClN2O4. The Labute approximate surface area is 170 Å². The molecule has 150 valence electrons. The number of benzene rings is 2. The molecule has 2 rings (SSSR count). The van der Waals surface area contributed by atoms with E-state index in [1.165, 1.54) is 12.7 Å². The van der Waals surface area contributed by atoms with Crippen molar-refractivity contribution in [1.82, 2.24) is 10.6 Å². The van der Waals surface area contributed by atoms with Gasteiger partial charge in [0.15, 0.2) is 0 Å². The number of hydrogen-bond acceptors (Lipinski definition) is 4. The number of amides is 2. The lowest BCUT2D eigenvalue weighted by Gasteiger charge is -2.10. The number of nitrogens with one attached hydrogen (secondary N) is 2. The predicted molar refractivity (Wildman–Crippen MR) is 109 cm³/mol. The van der Waals surface area contributed by atoms with Gasteiger partial charge in [0.2, 0.25) is 5.91 Å². The summed E-state index contributed by atoms with van der Waals surface area (Å²) in [5.74, 6) is 0.854. The van der Waals surface area contributed by atoms with Crippen LogP contribution in [0.3, 0.4) is 0 Å². The van der Waals surface area contributed by atoms with E-state index < -0.39 is 0 Å². The van der Waals surface area contributed by atoms with Crippen molar-refractivity contribution in [2.24, 2.45) is 0 Å². The number of hydrogen-bond donors (Lipinski definition) is 2. The van der Waals surface area contributed by atoms with E-state index in [9.17, 15) is 9.59 Å². The lowest BCUT2D eigenvalue weighted by molar-refractivity contribution is -0.121. The molecule has 7 heteroatoms. The lowest BCUT2D eigenvalue weighted by atomic mass is 10.2. The van der Waals surface area contributed by atoms with Crippen LogP contribution in [-0.2, 0) is 4.79 Å². The van der Waals surface area contributed by atoms with Crippen molar-refractivity contribution in [3.8, 4) is 11.5 Å². The van der Waals surface area contributed by atoms with Crippen LogP contribution in [-0.4, -0.2) is 38.6 Å². The SMILES string of the molecule is COc1ccc(Cl)cc1C(=O)NCCNC(=O)CCCOc1ccc(C)cc1. The summed E-state index contributed by atoms with van der Waals surface area (Å²) in [5, 5.41) is 5.95. The molecule has 0 aliphatic rings. The first-order chi connectivity index (χ1) is 13.5. The Morgan fingerprint density at radius 2 is 1.75 bits per heavy atom. The van der Waals surface area contributed by atoms with E-state index in [0.717, 1.165) is 5.75 Å². The van der Waals surface area contributed by atoms with Gasteiger partial charge in [0.05, 0.1) is 19.3 Å². The number of carbonyl (C=O) groups is 2. The zero-order chi connectivity index (χ0) is 20.4. The molecule has 0 atom stereocenters. The summed E-state index contributed by atoms with van der Waals surface area (Å²) < 4.78 is 10.7. The third-order valence-electron chi connectivity index (χ3n) is 3.98. The number of methoxy groups -OCH3 is 1. The molecule has 0 aliphatic heterocycles. The van der Waals surface area contributed by atoms with Crippen LogP contribution in [0.5, 0.6) is 11.5 Å². The van der Waals surface area contributed by atoms with E-state index >= 15 is 0 Å². The monoisotopic (exact) mass is 404 g/mol. The van der Waals surface area contributed by atoms with Gasteiger partial charge < -0.3 is 20.1 Å². The molecule has 2 N–H and O–H groups in total. The molecule has 2 aromatic rings. The van der Waals surface area contributed by atoms with Gasteiger partial charge in [0, 0.05) is 24.5 Å². The van der Waals surface area contributed by atoms with Crippen LogP contribution in [0.2, 0.25) is 5.02 Å². The van der Waals surface area contributed by atoms with Gasteiger partial charge in [-0.3, -0.25) is 9.59 Å². The van der Waals surface area contributed by atoms with Gasteiger partial charge in [0.1, 0.15) is 11.5 Å². The third kappa shape index (κ3) is 7.12. The van der Waals surface area contributed by atoms with Gasteiger partial charge >= 0.3 is 0 Å². The Kier molecular flexibility index (Phi) is 8.62. The molecule has 0 bridgehead atoms. The Bertz CT molecular complexity index is 793. The first kappa shape index (κ1) is 21.6. The normalized spacial score (nSPS) is 10.2. The fourth-order valence-corrected chi connectivity index (χ4v) is 2.65. The second-order valence-electron chi connectivity index (χ2n) is 6.22. The minimum Gasteiger partial charge on any atom is -0.496 e. The zero-order valence-electron chi connectivity index (χ0n) is 16.1. The average molecular weight is 405 g/mol. The summed E-state index contributed by atoms with van der Waals surface area (Å²) in [5.41, 5.74) is 1.53. The fourth-order valence-electron chi connectivity index (χ4n) is 2.48. The zero-order valence-corrected chi connectivity index (χ0v) is 16.8. The van der Waals surface area contributed by atoms with E-state index in [-0.39, 0.29) is 11.8 Å². The molecular weight excluding hydrogens is 380 g/mol. The van der Waals surface area contributed by atoms with Gasteiger partial charge in [-0.1, -0.05) is 29.3 Å². The van der Waals surface area contributed by atoms with E-state index in [1.54, 1.807) is 18.2 Å². The largest absolute Gasteiger partial charge is 0.496 e. The Morgan fingerprint density at radius 1 is 1.04 bits per heavy atom. The highest BCUT2D eigenvalue weighted by atomic mass is 35.5. The topological polar surface area (TPSA) is 76.7 Å². The summed E-state index contributed by atoms with van der Waals surface area (Å²) >= 11 is 5.92. The molecule has 0 radical (unpaired) electrons. The second-order valence-corrected chi connectivity index (χ2v) is 6.65. The van der Waals surface area contributed by atoms with Gasteiger partial charge in [-0.05, 0) is 43.7 Å². The predicted octanol–water partition coefficient (Wildman–Crippen LogP) is 3.36. The molecule has 0 saturated carbocycles. The summed E-state index contributed by atoms with van der Waals surface area (Å²) in [6.07, 6.45) is 0.980. The highest BCUT2D eigenvalue weighted by Crippen LogP contribution is 2.22. The van der Waals surface area contributed by atoms with Crippen LogP contribution in [0.15, 0.2) is 42.5 Å². The molecule has 2 aromatic carbocycles. The molecule has 0 fully saturated rings. The highest BCUT2D eigenvalue weighted by molar-refractivity contribution is 6.31. The third-order valence-corrected chi connectivity index (χ3v) is 4.21. The quantitative estimate of drug-likeness (QED) is 0.595. The van der Waals surface area contributed by atoms with Crippen LogP contribution in [0.1, 0.15) is 28.8 Å². The van der Waals surface area contributed by atoms with Crippen LogP contribution in [0, 0.1) is 6.92 Å². The molecule has 0 heterocycles. The molecule has 0 unspecified atom stereocenters. The van der Waals surface area contributed by atoms with Gasteiger partial charge in [-0.25, -0.2) is 0 Å². The number of aryl methyl sites for hydroxylation is 1. The van der Waals surface area contributed by atoms with Crippen molar-refractivity contribution in [2.75, 3.05) is 26.8 Å². The van der Waals surface area contributed by atoms with E-state index in [0.29, 0.717) is 48.9 Å². The molecule has 28 heavy (non-hydrogen) atoms. The molecule has 0 aliphatic carbocycles. The van der Waals surface area contributed by atoms with E-state index in [1.807, 2.05) is 31.2 Å². The maximum Gasteiger partial charge on any atom is 0.255 e. The van der Waals surface area contributed by atoms with Crippen LogP contribution < -0.4 is 20.1 Å². The van der Waals surface area contributed by atoms with Crippen molar-refractivity contribution in [2.45, 2.75) is 19.8 Å². The summed E-state index contributed by atoms with van der Waals surface area (Å²) in [6.45, 7) is 3.14. The average Bonchev–Trinajstić information content (AvgIpc) is 2.69. The number of ether oxygens (including phenoxy) is 2. The fraction of sp³-hybridized carbons (Fsp3) is 0.333. The molecule has 0 saturated heterocycles. The smallest absolute Gasteiger partial charge is 0.255 e. The lowest BCUT2D eigenvalue weighted by Crippen LogP contribution is -2.34. The molecule has 0 spiro atoms. The van der Waals surface area contributed by atoms with Crippen LogP contribution >= 0.6 is 11.6 Å². The first-order valence-corrected chi connectivity index (χ1v) is 9.45. The van der Waals surface area contributed by atoms with E-state index in [2.05, 4.69) is 10.6 Å². The number of halogens is 1. The van der Waals surface area contributed by atoms with Gasteiger partial charge in [-0.2, -0.15) is 0 Å². The Morgan fingerprint density at radius 3 is 2.46 bits per heavy atom. The molecule has 0 aromatic heterocycles. The Hall–Kier alpha value is -2.73. The summed E-state index contributed by atoms with van der Waals surface area (Å²) in [6, 6.07) is 12.6. The molecule has 2 amide bonds.